The second kappa shape index (κ2) is 6.85. The van der Waals surface area contributed by atoms with Crippen LogP contribution in [0.5, 0.6) is 0 Å². The van der Waals surface area contributed by atoms with Crippen molar-refractivity contribution in [3.63, 3.8) is 0 Å². The Kier molecular flexibility index (Phi) is 5.12. The SMILES string of the molecule is Cc1nc(NC(=O)CCc2ccc(C(C)C)cc2)sc1C. The average Bonchev–Trinajstić information content (AvgIpc) is 2.75. The molecule has 21 heavy (non-hydrogen) atoms. The lowest BCUT2D eigenvalue weighted by molar-refractivity contribution is -0.116. The van der Waals surface area contributed by atoms with Gasteiger partial charge in [-0.3, -0.25) is 4.79 Å². The number of benzene rings is 1. The third kappa shape index (κ3) is 4.39. The van der Waals surface area contributed by atoms with E-state index >= 15 is 0 Å². The maximum absolute atomic E-state index is 11.9. The normalized spacial score (nSPS) is 10.9. The van der Waals surface area contributed by atoms with Crippen LogP contribution in [0.1, 0.15) is 47.9 Å². The summed E-state index contributed by atoms with van der Waals surface area (Å²) < 4.78 is 0. The first kappa shape index (κ1) is 15.7. The van der Waals surface area contributed by atoms with Crippen LogP contribution in [0.4, 0.5) is 5.13 Å². The summed E-state index contributed by atoms with van der Waals surface area (Å²) in [5, 5.41) is 3.57. The summed E-state index contributed by atoms with van der Waals surface area (Å²) in [5.41, 5.74) is 3.51. The highest BCUT2D eigenvalue weighted by molar-refractivity contribution is 7.15. The number of amides is 1. The van der Waals surface area contributed by atoms with Crippen LogP contribution in [-0.4, -0.2) is 10.9 Å². The molecule has 1 aromatic carbocycles. The number of hydrogen-bond donors (Lipinski definition) is 1. The van der Waals surface area contributed by atoms with Crippen LogP contribution >= 0.6 is 11.3 Å². The van der Waals surface area contributed by atoms with Crippen molar-refractivity contribution in [1.29, 1.82) is 0 Å². The Bertz CT molecular complexity index is 595. The maximum Gasteiger partial charge on any atom is 0.226 e. The van der Waals surface area contributed by atoms with E-state index in [2.05, 4.69) is 48.4 Å². The summed E-state index contributed by atoms with van der Waals surface area (Å²) in [7, 11) is 0. The monoisotopic (exact) mass is 302 g/mol. The highest BCUT2D eigenvalue weighted by Crippen LogP contribution is 2.21. The molecule has 0 spiro atoms. The molecule has 1 amide bonds. The van der Waals surface area contributed by atoms with Gasteiger partial charge in [0, 0.05) is 11.3 Å². The summed E-state index contributed by atoms with van der Waals surface area (Å²) in [6.07, 6.45) is 1.24. The first-order valence-electron chi connectivity index (χ1n) is 7.28. The second-order valence-corrected chi connectivity index (χ2v) is 6.81. The molecule has 3 nitrogen and oxygen atoms in total. The fraction of sp³-hybridized carbons (Fsp3) is 0.412. The minimum atomic E-state index is 0.0247. The van der Waals surface area contributed by atoms with Crippen LogP contribution < -0.4 is 5.32 Å². The lowest BCUT2D eigenvalue weighted by atomic mass is 10.0. The number of nitrogens with one attached hydrogen (secondary N) is 1. The summed E-state index contributed by atoms with van der Waals surface area (Å²) in [5.74, 6) is 0.565. The van der Waals surface area contributed by atoms with E-state index in [4.69, 9.17) is 0 Å². The molecule has 2 rings (SSSR count). The van der Waals surface area contributed by atoms with E-state index in [9.17, 15) is 4.79 Å². The van der Waals surface area contributed by atoms with E-state index in [1.54, 1.807) is 0 Å². The van der Waals surface area contributed by atoms with Crippen LogP contribution in [0.25, 0.3) is 0 Å². The molecule has 112 valence electrons. The van der Waals surface area contributed by atoms with Gasteiger partial charge in [-0.15, -0.1) is 11.3 Å². The third-order valence-corrected chi connectivity index (χ3v) is 4.55. The molecular formula is C17H22N2OS. The lowest BCUT2D eigenvalue weighted by Gasteiger charge is -2.07. The van der Waals surface area contributed by atoms with Crippen molar-refractivity contribution in [1.82, 2.24) is 4.98 Å². The van der Waals surface area contributed by atoms with Gasteiger partial charge < -0.3 is 5.32 Å². The fourth-order valence-corrected chi connectivity index (χ4v) is 2.87. The summed E-state index contributed by atoms with van der Waals surface area (Å²) in [6, 6.07) is 8.51. The first-order chi connectivity index (χ1) is 9.95. The average molecular weight is 302 g/mol. The zero-order valence-corrected chi connectivity index (χ0v) is 13.9. The summed E-state index contributed by atoms with van der Waals surface area (Å²) >= 11 is 1.53. The number of anilines is 1. The highest BCUT2D eigenvalue weighted by Gasteiger charge is 2.08. The molecule has 0 atom stereocenters. The molecule has 1 heterocycles. The van der Waals surface area contributed by atoms with Crippen LogP contribution in [0, 0.1) is 13.8 Å². The molecule has 1 aromatic heterocycles. The molecule has 0 bridgehead atoms. The number of carbonyl (C=O) groups excluding carboxylic acids is 1. The molecule has 0 aliphatic heterocycles. The molecule has 0 radical (unpaired) electrons. The number of nitrogens with zero attached hydrogens (tertiary/aromatic N) is 1. The lowest BCUT2D eigenvalue weighted by Crippen LogP contribution is -2.12. The molecule has 4 heteroatoms. The predicted octanol–water partition coefficient (Wildman–Crippen LogP) is 4.45. The second-order valence-electron chi connectivity index (χ2n) is 5.61. The number of hydrogen-bond acceptors (Lipinski definition) is 3. The zero-order chi connectivity index (χ0) is 15.4. The highest BCUT2D eigenvalue weighted by atomic mass is 32.1. The Morgan fingerprint density at radius 2 is 1.90 bits per heavy atom. The standard InChI is InChI=1S/C17H22N2OS/c1-11(2)15-8-5-14(6-9-15)7-10-16(20)19-17-18-12(3)13(4)21-17/h5-6,8-9,11H,7,10H2,1-4H3,(H,18,19,20). The molecular weight excluding hydrogens is 280 g/mol. The molecule has 1 N–H and O–H groups in total. The Labute approximate surface area is 130 Å². The van der Waals surface area contributed by atoms with E-state index < -0.39 is 0 Å². The van der Waals surface area contributed by atoms with Crippen LogP contribution in [0.3, 0.4) is 0 Å². The van der Waals surface area contributed by atoms with Gasteiger partial charge in [0.05, 0.1) is 5.69 Å². The third-order valence-electron chi connectivity index (χ3n) is 3.56. The van der Waals surface area contributed by atoms with Gasteiger partial charge in [-0.2, -0.15) is 0 Å². The van der Waals surface area contributed by atoms with E-state index in [-0.39, 0.29) is 5.91 Å². The van der Waals surface area contributed by atoms with Gasteiger partial charge in [0.1, 0.15) is 0 Å². The van der Waals surface area contributed by atoms with Crippen molar-refractivity contribution >= 4 is 22.4 Å². The molecule has 0 aliphatic carbocycles. The quantitative estimate of drug-likeness (QED) is 0.886. The largest absolute Gasteiger partial charge is 0.302 e. The van der Waals surface area contributed by atoms with Crippen molar-refractivity contribution in [3.05, 3.63) is 46.0 Å². The maximum atomic E-state index is 11.9. The van der Waals surface area contributed by atoms with E-state index in [0.717, 1.165) is 17.0 Å². The van der Waals surface area contributed by atoms with Gasteiger partial charge in [0.15, 0.2) is 5.13 Å². The van der Waals surface area contributed by atoms with Gasteiger partial charge >= 0.3 is 0 Å². The van der Waals surface area contributed by atoms with E-state index in [1.807, 2.05) is 13.8 Å². The number of carbonyl (C=O) groups is 1. The van der Waals surface area contributed by atoms with E-state index in [1.165, 1.54) is 22.5 Å². The zero-order valence-electron chi connectivity index (χ0n) is 13.1. The topological polar surface area (TPSA) is 42.0 Å². The number of aryl methyl sites for hydroxylation is 3. The Morgan fingerprint density at radius 1 is 1.24 bits per heavy atom. The van der Waals surface area contributed by atoms with Gasteiger partial charge in [-0.25, -0.2) is 4.98 Å². The van der Waals surface area contributed by atoms with Crippen LogP contribution in [0.15, 0.2) is 24.3 Å². The van der Waals surface area contributed by atoms with Crippen molar-refractivity contribution in [3.8, 4) is 0 Å². The Morgan fingerprint density at radius 3 is 2.43 bits per heavy atom. The smallest absolute Gasteiger partial charge is 0.226 e. The minimum Gasteiger partial charge on any atom is -0.302 e. The Balaban J connectivity index is 1.86. The summed E-state index contributed by atoms with van der Waals surface area (Å²) in [6.45, 7) is 8.33. The van der Waals surface area contributed by atoms with Crippen LogP contribution in [-0.2, 0) is 11.2 Å². The molecule has 0 saturated carbocycles. The van der Waals surface area contributed by atoms with Gasteiger partial charge in [-0.05, 0) is 37.3 Å². The van der Waals surface area contributed by atoms with Gasteiger partial charge in [-0.1, -0.05) is 38.1 Å². The van der Waals surface area contributed by atoms with Crippen molar-refractivity contribution in [2.45, 2.75) is 46.5 Å². The van der Waals surface area contributed by atoms with Crippen molar-refractivity contribution in [2.24, 2.45) is 0 Å². The predicted molar refractivity (Wildman–Crippen MR) is 89.1 cm³/mol. The fourth-order valence-electron chi connectivity index (χ4n) is 2.04. The van der Waals surface area contributed by atoms with Gasteiger partial charge in [0.25, 0.3) is 0 Å². The van der Waals surface area contributed by atoms with Crippen LogP contribution in [0.2, 0.25) is 0 Å². The number of thiazole rings is 1. The van der Waals surface area contributed by atoms with E-state index in [0.29, 0.717) is 17.5 Å². The minimum absolute atomic E-state index is 0.0247. The molecule has 0 fully saturated rings. The molecule has 2 aromatic rings. The summed E-state index contributed by atoms with van der Waals surface area (Å²) in [4.78, 5) is 17.4. The van der Waals surface area contributed by atoms with Gasteiger partial charge in [0.2, 0.25) is 5.91 Å². The molecule has 0 unspecified atom stereocenters. The molecule has 0 aliphatic rings. The number of aromatic nitrogens is 1. The molecule has 0 saturated heterocycles. The first-order valence-corrected chi connectivity index (χ1v) is 8.10. The Hall–Kier alpha value is -1.68. The number of rotatable bonds is 5. The van der Waals surface area contributed by atoms with Crippen molar-refractivity contribution in [2.75, 3.05) is 5.32 Å². The van der Waals surface area contributed by atoms with Crippen molar-refractivity contribution < 1.29 is 4.79 Å².